The first kappa shape index (κ1) is 21.3. The predicted octanol–water partition coefficient (Wildman–Crippen LogP) is 3.70. The molecule has 1 aliphatic rings. The first-order valence-corrected chi connectivity index (χ1v) is 10.9. The molecule has 0 bridgehead atoms. The fraction of sp³-hybridized carbons (Fsp3) is 0.348. The van der Waals surface area contributed by atoms with Crippen LogP contribution in [0.2, 0.25) is 5.02 Å². The number of rotatable bonds is 5. The molecule has 1 amide bonds. The minimum absolute atomic E-state index is 0.174. The standard InChI is InChI=1S/C23H25ClN4O3/c24-19-11-10-17(28-22(30)26-20(27-28)16-8-4-3-5-9-16)14-18(19)21(29)25-15-23(31)12-6-1-2-7-13-23/h3-5,8-11,14,31H,1-2,6-7,12-13,15H2,(H,25,29)(H,26,27,30). The minimum atomic E-state index is -0.889. The van der Waals surface area contributed by atoms with Crippen LogP contribution in [0, 0.1) is 0 Å². The number of carbonyl (C=O) groups excluding carboxylic acids is 1. The second-order valence-electron chi connectivity index (χ2n) is 8.04. The van der Waals surface area contributed by atoms with E-state index in [2.05, 4.69) is 15.4 Å². The highest BCUT2D eigenvalue weighted by Gasteiger charge is 2.28. The Morgan fingerprint density at radius 1 is 1.13 bits per heavy atom. The predicted molar refractivity (Wildman–Crippen MR) is 120 cm³/mol. The van der Waals surface area contributed by atoms with Crippen LogP contribution in [0.4, 0.5) is 0 Å². The van der Waals surface area contributed by atoms with Gasteiger partial charge in [-0.05, 0) is 31.0 Å². The second-order valence-corrected chi connectivity index (χ2v) is 8.45. The number of hydrogen-bond donors (Lipinski definition) is 3. The van der Waals surface area contributed by atoms with Gasteiger partial charge in [-0.1, -0.05) is 67.6 Å². The van der Waals surface area contributed by atoms with Crippen molar-refractivity contribution in [2.45, 2.75) is 44.1 Å². The van der Waals surface area contributed by atoms with Crippen molar-refractivity contribution in [3.8, 4) is 17.1 Å². The van der Waals surface area contributed by atoms with Gasteiger partial charge in [-0.25, -0.2) is 4.79 Å². The lowest BCUT2D eigenvalue weighted by Crippen LogP contribution is -2.42. The summed E-state index contributed by atoms with van der Waals surface area (Å²) in [5, 5.41) is 18.2. The summed E-state index contributed by atoms with van der Waals surface area (Å²) in [6.45, 7) is 0.174. The number of aliphatic hydroxyl groups is 1. The maximum absolute atomic E-state index is 12.8. The van der Waals surface area contributed by atoms with E-state index in [0.29, 0.717) is 24.4 Å². The van der Waals surface area contributed by atoms with E-state index in [-0.39, 0.29) is 17.1 Å². The van der Waals surface area contributed by atoms with Gasteiger partial charge < -0.3 is 10.4 Å². The van der Waals surface area contributed by atoms with Crippen molar-refractivity contribution in [1.82, 2.24) is 20.1 Å². The molecule has 3 N–H and O–H groups in total. The molecule has 1 aliphatic carbocycles. The van der Waals surface area contributed by atoms with Crippen LogP contribution in [0.5, 0.6) is 0 Å². The summed E-state index contributed by atoms with van der Waals surface area (Å²) < 4.78 is 1.20. The second kappa shape index (κ2) is 9.08. The molecule has 1 saturated carbocycles. The first-order chi connectivity index (χ1) is 15.0. The Labute approximate surface area is 185 Å². The number of halogens is 1. The van der Waals surface area contributed by atoms with E-state index >= 15 is 0 Å². The lowest BCUT2D eigenvalue weighted by molar-refractivity contribution is 0.0246. The smallest absolute Gasteiger partial charge is 0.348 e. The monoisotopic (exact) mass is 440 g/mol. The number of nitrogens with zero attached hydrogens (tertiary/aromatic N) is 2. The maximum atomic E-state index is 12.8. The highest BCUT2D eigenvalue weighted by molar-refractivity contribution is 6.33. The van der Waals surface area contributed by atoms with Crippen molar-refractivity contribution in [3.05, 3.63) is 69.6 Å². The molecule has 1 fully saturated rings. The summed E-state index contributed by atoms with van der Waals surface area (Å²) in [6.07, 6.45) is 5.46. The average Bonchev–Trinajstić information content (AvgIpc) is 3.03. The van der Waals surface area contributed by atoms with Crippen molar-refractivity contribution in [2.75, 3.05) is 6.54 Å². The number of benzene rings is 2. The third-order valence-corrected chi connectivity index (χ3v) is 6.05. The topological polar surface area (TPSA) is 100 Å². The van der Waals surface area contributed by atoms with Gasteiger partial charge in [0.15, 0.2) is 5.82 Å². The van der Waals surface area contributed by atoms with Gasteiger partial charge in [-0.3, -0.25) is 9.78 Å². The Morgan fingerprint density at radius 2 is 1.84 bits per heavy atom. The number of amides is 1. The van der Waals surface area contributed by atoms with Crippen LogP contribution in [-0.2, 0) is 0 Å². The summed E-state index contributed by atoms with van der Waals surface area (Å²) in [7, 11) is 0. The Morgan fingerprint density at radius 3 is 2.55 bits per heavy atom. The number of H-pyrrole nitrogens is 1. The van der Waals surface area contributed by atoms with Gasteiger partial charge in [0, 0.05) is 12.1 Å². The highest BCUT2D eigenvalue weighted by Crippen LogP contribution is 2.27. The molecule has 1 heterocycles. The van der Waals surface area contributed by atoms with Crippen molar-refractivity contribution in [3.63, 3.8) is 0 Å². The summed E-state index contributed by atoms with van der Waals surface area (Å²) in [5.41, 5.74) is 0.126. The summed E-state index contributed by atoms with van der Waals surface area (Å²) in [5.74, 6) is 0.0403. The van der Waals surface area contributed by atoms with Crippen molar-refractivity contribution in [1.29, 1.82) is 0 Å². The van der Waals surface area contributed by atoms with Gasteiger partial charge in [-0.15, -0.1) is 5.10 Å². The summed E-state index contributed by atoms with van der Waals surface area (Å²) in [6, 6.07) is 14.0. The molecule has 8 heteroatoms. The molecular weight excluding hydrogens is 416 g/mol. The zero-order chi connectivity index (χ0) is 21.8. The molecular formula is C23H25ClN4O3. The van der Waals surface area contributed by atoms with Crippen LogP contribution in [0.3, 0.4) is 0 Å². The number of hydrogen-bond acceptors (Lipinski definition) is 4. The Hall–Kier alpha value is -2.90. The highest BCUT2D eigenvalue weighted by atomic mass is 35.5. The van der Waals surface area contributed by atoms with Gasteiger partial charge in [0.05, 0.1) is 21.9 Å². The molecule has 162 valence electrons. The third kappa shape index (κ3) is 4.89. The molecule has 4 rings (SSSR count). The minimum Gasteiger partial charge on any atom is -0.388 e. The maximum Gasteiger partial charge on any atom is 0.348 e. The van der Waals surface area contributed by atoms with E-state index in [4.69, 9.17) is 11.6 Å². The molecule has 2 aromatic carbocycles. The number of carbonyl (C=O) groups is 1. The van der Waals surface area contributed by atoms with Gasteiger partial charge >= 0.3 is 5.69 Å². The zero-order valence-corrected chi connectivity index (χ0v) is 17.9. The normalized spacial score (nSPS) is 15.9. The molecule has 0 atom stereocenters. The Kier molecular flexibility index (Phi) is 6.25. The van der Waals surface area contributed by atoms with E-state index in [1.165, 1.54) is 10.7 Å². The number of aromatic amines is 1. The molecule has 0 aliphatic heterocycles. The van der Waals surface area contributed by atoms with Gasteiger partial charge in [0.2, 0.25) is 0 Å². The lowest BCUT2D eigenvalue weighted by atomic mass is 9.94. The summed E-state index contributed by atoms with van der Waals surface area (Å²) >= 11 is 6.26. The fourth-order valence-electron chi connectivity index (χ4n) is 3.95. The average molecular weight is 441 g/mol. The van der Waals surface area contributed by atoms with E-state index in [1.54, 1.807) is 12.1 Å². The first-order valence-electron chi connectivity index (χ1n) is 10.5. The molecule has 0 unspecified atom stereocenters. The molecule has 7 nitrogen and oxygen atoms in total. The van der Waals surface area contributed by atoms with E-state index < -0.39 is 17.2 Å². The fourth-order valence-corrected chi connectivity index (χ4v) is 4.15. The molecule has 3 aromatic rings. The molecule has 0 spiro atoms. The van der Waals surface area contributed by atoms with Crippen LogP contribution in [0.15, 0.2) is 53.3 Å². The van der Waals surface area contributed by atoms with Crippen LogP contribution in [0.1, 0.15) is 48.9 Å². The number of nitrogens with one attached hydrogen (secondary N) is 2. The quantitative estimate of drug-likeness (QED) is 0.526. The molecule has 1 aromatic heterocycles. The Bertz CT molecular complexity index is 1120. The van der Waals surface area contributed by atoms with E-state index in [9.17, 15) is 14.7 Å². The Balaban J connectivity index is 1.55. The van der Waals surface area contributed by atoms with Gasteiger partial charge in [0.1, 0.15) is 0 Å². The molecule has 0 radical (unpaired) electrons. The van der Waals surface area contributed by atoms with E-state index in [0.717, 1.165) is 31.2 Å². The van der Waals surface area contributed by atoms with Crippen LogP contribution >= 0.6 is 11.6 Å². The van der Waals surface area contributed by atoms with Crippen molar-refractivity contribution < 1.29 is 9.90 Å². The third-order valence-electron chi connectivity index (χ3n) is 5.72. The van der Waals surface area contributed by atoms with E-state index in [1.807, 2.05) is 30.3 Å². The summed E-state index contributed by atoms with van der Waals surface area (Å²) in [4.78, 5) is 28.0. The van der Waals surface area contributed by atoms with Crippen LogP contribution in [0.25, 0.3) is 17.1 Å². The largest absolute Gasteiger partial charge is 0.388 e. The molecule has 31 heavy (non-hydrogen) atoms. The van der Waals surface area contributed by atoms with Crippen molar-refractivity contribution in [2.24, 2.45) is 0 Å². The van der Waals surface area contributed by atoms with Gasteiger partial charge in [0.25, 0.3) is 5.91 Å². The van der Waals surface area contributed by atoms with Gasteiger partial charge in [-0.2, -0.15) is 4.68 Å². The lowest BCUT2D eigenvalue weighted by Gasteiger charge is -2.26. The molecule has 0 saturated heterocycles. The van der Waals surface area contributed by atoms with Crippen molar-refractivity contribution >= 4 is 17.5 Å². The van der Waals surface area contributed by atoms with Crippen LogP contribution < -0.4 is 11.0 Å². The SMILES string of the molecule is O=C(NCC1(O)CCCCCC1)c1cc(-n2nc(-c3ccccc3)[nH]c2=O)ccc1Cl. The number of aromatic nitrogens is 3. The zero-order valence-electron chi connectivity index (χ0n) is 17.1. The van der Waals surface area contributed by atoms with Crippen LogP contribution in [-0.4, -0.2) is 37.9 Å².